The predicted molar refractivity (Wildman–Crippen MR) is 96.1 cm³/mol. The first-order valence-corrected chi connectivity index (χ1v) is 7.97. The van der Waals surface area contributed by atoms with Crippen molar-refractivity contribution in [1.29, 1.82) is 0 Å². The van der Waals surface area contributed by atoms with E-state index in [4.69, 9.17) is 17.3 Å². The number of amides is 2. The second kappa shape index (κ2) is 7.95. The van der Waals surface area contributed by atoms with Crippen LogP contribution in [-0.2, 0) is 4.79 Å². The van der Waals surface area contributed by atoms with E-state index in [1.54, 1.807) is 31.2 Å². The number of primary amides is 1. The molecule has 2 amide bonds. The number of nitrogens with one attached hydrogen (secondary N) is 2. The number of carbonyl (C=O) groups is 2. The van der Waals surface area contributed by atoms with Crippen molar-refractivity contribution in [2.45, 2.75) is 25.9 Å². The van der Waals surface area contributed by atoms with Gasteiger partial charge in [-0.1, -0.05) is 23.7 Å². The molecule has 6 heteroatoms. The van der Waals surface area contributed by atoms with Crippen LogP contribution < -0.4 is 16.4 Å². The highest BCUT2D eigenvalue weighted by molar-refractivity contribution is 6.30. The lowest BCUT2D eigenvalue weighted by Gasteiger charge is -2.20. The molecule has 0 bridgehead atoms. The molecule has 0 fully saturated rings. The van der Waals surface area contributed by atoms with Crippen molar-refractivity contribution in [3.05, 3.63) is 64.7 Å². The minimum atomic E-state index is -0.500. The van der Waals surface area contributed by atoms with Crippen molar-refractivity contribution in [3.63, 3.8) is 0 Å². The molecule has 0 radical (unpaired) electrons. The molecular weight excluding hydrogens is 326 g/mol. The van der Waals surface area contributed by atoms with Gasteiger partial charge in [0.2, 0.25) is 11.8 Å². The smallest absolute Gasteiger partial charge is 0.248 e. The molecule has 4 N–H and O–H groups in total. The van der Waals surface area contributed by atoms with E-state index in [0.717, 1.165) is 5.56 Å². The monoisotopic (exact) mass is 345 g/mol. The first-order chi connectivity index (χ1) is 11.4. The Bertz CT molecular complexity index is 714. The summed E-state index contributed by atoms with van der Waals surface area (Å²) in [6, 6.07) is 13.5. The molecule has 2 aromatic carbocycles. The molecule has 2 atom stereocenters. The average Bonchev–Trinajstić information content (AvgIpc) is 2.55. The number of nitrogens with two attached hydrogens (primary N) is 1. The highest BCUT2D eigenvalue weighted by atomic mass is 35.5. The van der Waals surface area contributed by atoms with Gasteiger partial charge >= 0.3 is 0 Å². The third-order valence-corrected chi connectivity index (χ3v) is 3.95. The van der Waals surface area contributed by atoms with Crippen LogP contribution in [0.25, 0.3) is 0 Å². The second-order valence-electron chi connectivity index (χ2n) is 5.59. The molecule has 0 spiro atoms. The number of benzene rings is 2. The van der Waals surface area contributed by atoms with Gasteiger partial charge in [0.05, 0.1) is 6.04 Å². The lowest BCUT2D eigenvalue weighted by molar-refractivity contribution is -0.117. The van der Waals surface area contributed by atoms with Crippen LogP contribution in [0.15, 0.2) is 48.5 Å². The fraction of sp³-hybridized carbons (Fsp3) is 0.222. The third-order valence-electron chi connectivity index (χ3n) is 3.70. The van der Waals surface area contributed by atoms with Crippen LogP contribution in [0.4, 0.5) is 5.69 Å². The van der Waals surface area contributed by atoms with Gasteiger partial charge < -0.3 is 11.1 Å². The second-order valence-corrected chi connectivity index (χ2v) is 6.03. The molecule has 0 aliphatic carbocycles. The summed E-state index contributed by atoms with van der Waals surface area (Å²) in [4.78, 5) is 23.3. The minimum absolute atomic E-state index is 0.000235. The fourth-order valence-electron chi connectivity index (χ4n) is 2.27. The van der Waals surface area contributed by atoms with Crippen molar-refractivity contribution < 1.29 is 9.59 Å². The summed E-state index contributed by atoms with van der Waals surface area (Å²) in [5, 5.41) is 6.71. The normalized spacial score (nSPS) is 13.1. The summed E-state index contributed by atoms with van der Waals surface area (Å²) < 4.78 is 0. The first kappa shape index (κ1) is 18.0. The van der Waals surface area contributed by atoms with E-state index in [0.29, 0.717) is 16.3 Å². The summed E-state index contributed by atoms with van der Waals surface area (Å²) in [5.41, 5.74) is 7.24. The molecule has 0 aliphatic rings. The molecule has 0 heterocycles. The quantitative estimate of drug-likeness (QED) is 0.752. The Kier molecular flexibility index (Phi) is 5.95. The lowest BCUT2D eigenvalue weighted by atomic mass is 10.1. The summed E-state index contributed by atoms with van der Waals surface area (Å²) >= 11 is 5.88. The van der Waals surface area contributed by atoms with E-state index < -0.39 is 11.9 Å². The van der Waals surface area contributed by atoms with Gasteiger partial charge in [-0.2, -0.15) is 0 Å². The number of carbonyl (C=O) groups excluding carboxylic acids is 2. The number of halogens is 1. The van der Waals surface area contributed by atoms with Crippen LogP contribution in [0.5, 0.6) is 0 Å². The standard InChI is InChI=1S/C18H20ClN3O2/c1-11(13-3-7-15(19)8-4-13)21-12(2)18(24)22-16-9-5-14(6-10-16)17(20)23/h3-12,21H,1-2H3,(H2,20,23)(H,22,24)/t11-,12+/m0/s1. The van der Waals surface area contributed by atoms with E-state index in [1.165, 1.54) is 0 Å². The molecule has 2 rings (SSSR count). The topological polar surface area (TPSA) is 84.2 Å². The molecule has 0 aromatic heterocycles. The molecular formula is C18H20ClN3O2. The molecule has 2 aromatic rings. The van der Waals surface area contributed by atoms with Crippen molar-refractivity contribution in [1.82, 2.24) is 5.32 Å². The highest BCUT2D eigenvalue weighted by Gasteiger charge is 2.16. The Morgan fingerprint density at radius 2 is 1.58 bits per heavy atom. The Morgan fingerprint density at radius 3 is 2.12 bits per heavy atom. The molecule has 0 saturated carbocycles. The number of anilines is 1. The maximum Gasteiger partial charge on any atom is 0.248 e. The fourth-order valence-corrected chi connectivity index (χ4v) is 2.39. The molecule has 0 aliphatic heterocycles. The van der Waals surface area contributed by atoms with Gasteiger partial charge in [-0.05, 0) is 55.8 Å². The van der Waals surface area contributed by atoms with Gasteiger partial charge in [0.15, 0.2) is 0 Å². The van der Waals surface area contributed by atoms with E-state index in [2.05, 4.69) is 10.6 Å². The van der Waals surface area contributed by atoms with E-state index in [9.17, 15) is 9.59 Å². The number of rotatable bonds is 6. The van der Waals surface area contributed by atoms with Crippen LogP contribution in [0.3, 0.4) is 0 Å². The van der Waals surface area contributed by atoms with Gasteiger partial charge in [0.1, 0.15) is 0 Å². The Morgan fingerprint density at radius 1 is 1.00 bits per heavy atom. The first-order valence-electron chi connectivity index (χ1n) is 7.59. The van der Waals surface area contributed by atoms with Gasteiger partial charge in [-0.3, -0.25) is 14.9 Å². The number of hydrogen-bond donors (Lipinski definition) is 3. The van der Waals surface area contributed by atoms with Gasteiger partial charge in [0, 0.05) is 22.3 Å². The summed E-state index contributed by atoms with van der Waals surface area (Å²) in [7, 11) is 0. The highest BCUT2D eigenvalue weighted by Crippen LogP contribution is 2.17. The molecule has 126 valence electrons. The van der Waals surface area contributed by atoms with E-state index in [1.807, 2.05) is 31.2 Å². The number of hydrogen-bond acceptors (Lipinski definition) is 3. The summed E-state index contributed by atoms with van der Waals surface area (Å²) in [5.74, 6) is -0.665. The molecule has 24 heavy (non-hydrogen) atoms. The van der Waals surface area contributed by atoms with Gasteiger partial charge in [0.25, 0.3) is 0 Å². The zero-order chi connectivity index (χ0) is 17.7. The zero-order valence-electron chi connectivity index (χ0n) is 13.5. The predicted octanol–water partition coefficient (Wildman–Crippen LogP) is 3.12. The largest absolute Gasteiger partial charge is 0.366 e. The van der Waals surface area contributed by atoms with Crippen LogP contribution in [0.1, 0.15) is 35.8 Å². The minimum Gasteiger partial charge on any atom is -0.366 e. The van der Waals surface area contributed by atoms with E-state index >= 15 is 0 Å². The zero-order valence-corrected chi connectivity index (χ0v) is 14.3. The van der Waals surface area contributed by atoms with Crippen LogP contribution in [0.2, 0.25) is 5.02 Å². The third kappa shape index (κ3) is 4.81. The van der Waals surface area contributed by atoms with Crippen molar-refractivity contribution in [2.75, 3.05) is 5.32 Å². The van der Waals surface area contributed by atoms with Crippen LogP contribution in [-0.4, -0.2) is 17.9 Å². The van der Waals surface area contributed by atoms with Crippen molar-refractivity contribution >= 4 is 29.1 Å². The maximum atomic E-state index is 12.3. The SMILES string of the molecule is C[C@H](N[C@H](C)C(=O)Nc1ccc(C(N)=O)cc1)c1ccc(Cl)cc1. The van der Waals surface area contributed by atoms with Crippen LogP contribution in [0, 0.1) is 0 Å². The van der Waals surface area contributed by atoms with E-state index in [-0.39, 0.29) is 11.9 Å². The van der Waals surface area contributed by atoms with Crippen LogP contribution >= 0.6 is 11.6 Å². The summed E-state index contributed by atoms with van der Waals surface area (Å²) in [6.07, 6.45) is 0. The van der Waals surface area contributed by atoms with Crippen molar-refractivity contribution in [3.8, 4) is 0 Å². The average molecular weight is 346 g/mol. The van der Waals surface area contributed by atoms with Gasteiger partial charge in [-0.25, -0.2) is 0 Å². The maximum absolute atomic E-state index is 12.3. The Hall–Kier alpha value is -2.37. The molecule has 0 unspecified atom stereocenters. The van der Waals surface area contributed by atoms with Gasteiger partial charge in [-0.15, -0.1) is 0 Å². The molecule has 0 saturated heterocycles. The Balaban J connectivity index is 1.93. The summed E-state index contributed by atoms with van der Waals surface area (Å²) in [6.45, 7) is 3.77. The molecule has 5 nitrogen and oxygen atoms in total. The van der Waals surface area contributed by atoms with Crippen molar-refractivity contribution in [2.24, 2.45) is 5.73 Å². The Labute approximate surface area is 146 Å². The lowest BCUT2D eigenvalue weighted by Crippen LogP contribution is -2.39.